The summed E-state index contributed by atoms with van der Waals surface area (Å²) in [5.74, 6) is 1.29. The molecule has 1 unspecified atom stereocenters. The predicted octanol–water partition coefficient (Wildman–Crippen LogP) is 2.92. The van der Waals surface area contributed by atoms with E-state index in [0.29, 0.717) is 4.75 Å². The Kier molecular flexibility index (Phi) is 1.65. The van der Waals surface area contributed by atoms with Crippen LogP contribution >= 0.6 is 11.8 Å². The average Bonchev–Trinajstić information content (AvgIpc) is 2.60. The lowest BCUT2D eigenvalue weighted by molar-refractivity contribution is 0.627. The lowest BCUT2D eigenvalue weighted by Gasteiger charge is -2.38. The Morgan fingerprint density at radius 2 is 2.36 bits per heavy atom. The fourth-order valence-electron chi connectivity index (χ4n) is 1.90. The Labute approximate surface area is 87.1 Å². The van der Waals surface area contributed by atoms with Gasteiger partial charge in [0.25, 0.3) is 0 Å². The number of hydrogen-bond donors (Lipinski definition) is 1. The zero-order chi connectivity index (χ0) is 9.60. The number of imidazole rings is 1. The molecule has 0 bridgehead atoms. The smallest absolute Gasteiger partial charge is 0.0931 e. The molecule has 3 heteroatoms. The third-order valence-corrected chi connectivity index (χ3v) is 4.52. The summed E-state index contributed by atoms with van der Waals surface area (Å²) in [5.41, 5.74) is 3.63. The van der Waals surface area contributed by atoms with E-state index in [0.717, 1.165) is 11.0 Å². The van der Waals surface area contributed by atoms with Crippen molar-refractivity contribution in [3.05, 3.63) is 30.1 Å². The largest absolute Gasteiger partial charge is 0.345 e. The molecule has 0 spiro atoms. The van der Waals surface area contributed by atoms with Gasteiger partial charge in [0, 0.05) is 4.75 Å². The Morgan fingerprint density at radius 3 is 3.07 bits per heavy atom. The molecule has 2 heterocycles. The number of thioether (sulfide) groups is 1. The second-order valence-corrected chi connectivity index (χ2v) is 5.56. The summed E-state index contributed by atoms with van der Waals surface area (Å²) in [6, 6.07) is 6.54. The molecule has 0 radical (unpaired) electrons. The van der Waals surface area contributed by atoms with Crippen molar-refractivity contribution in [2.75, 3.05) is 5.75 Å². The van der Waals surface area contributed by atoms with Gasteiger partial charge < -0.3 is 4.98 Å². The Balaban J connectivity index is 2.13. The summed E-state index contributed by atoms with van der Waals surface area (Å²) < 4.78 is 0.347. The van der Waals surface area contributed by atoms with Gasteiger partial charge in [0.05, 0.1) is 17.4 Å². The molecule has 14 heavy (non-hydrogen) atoms. The van der Waals surface area contributed by atoms with Gasteiger partial charge in [-0.15, -0.1) is 0 Å². The van der Waals surface area contributed by atoms with E-state index in [1.807, 2.05) is 11.8 Å². The van der Waals surface area contributed by atoms with Gasteiger partial charge >= 0.3 is 0 Å². The van der Waals surface area contributed by atoms with Crippen LogP contribution in [-0.4, -0.2) is 15.7 Å². The van der Waals surface area contributed by atoms with Crippen LogP contribution in [0.3, 0.4) is 0 Å². The number of H-pyrrole nitrogens is 1. The van der Waals surface area contributed by atoms with E-state index >= 15 is 0 Å². The fraction of sp³-hybridized carbons (Fsp3) is 0.364. The monoisotopic (exact) mass is 204 g/mol. The van der Waals surface area contributed by atoms with Crippen molar-refractivity contribution in [3.63, 3.8) is 0 Å². The van der Waals surface area contributed by atoms with E-state index in [4.69, 9.17) is 0 Å². The van der Waals surface area contributed by atoms with E-state index in [1.54, 1.807) is 6.33 Å². The van der Waals surface area contributed by atoms with Crippen LogP contribution in [0, 0.1) is 0 Å². The van der Waals surface area contributed by atoms with E-state index < -0.39 is 0 Å². The second kappa shape index (κ2) is 2.76. The molecule has 1 aromatic carbocycles. The van der Waals surface area contributed by atoms with Crippen LogP contribution in [0.5, 0.6) is 0 Å². The number of fused-ring (bicyclic) bond motifs is 1. The topological polar surface area (TPSA) is 28.7 Å². The molecule has 1 atom stereocenters. The minimum absolute atomic E-state index is 0.347. The van der Waals surface area contributed by atoms with Crippen molar-refractivity contribution in [2.24, 2.45) is 0 Å². The molecule has 1 fully saturated rings. The number of rotatable bonds is 1. The van der Waals surface area contributed by atoms with Gasteiger partial charge in [0.1, 0.15) is 0 Å². The van der Waals surface area contributed by atoms with Gasteiger partial charge in [-0.25, -0.2) is 4.98 Å². The van der Waals surface area contributed by atoms with Crippen LogP contribution in [0.1, 0.15) is 18.9 Å². The molecule has 1 aromatic heterocycles. The SMILES string of the molecule is CC1(c2ccc3nc[nH]c3c2)CCS1. The number of nitrogens with zero attached hydrogens (tertiary/aromatic N) is 1. The minimum Gasteiger partial charge on any atom is -0.345 e. The summed E-state index contributed by atoms with van der Waals surface area (Å²) in [4.78, 5) is 7.38. The van der Waals surface area contributed by atoms with Crippen LogP contribution in [0.4, 0.5) is 0 Å². The number of hydrogen-bond acceptors (Lipinski definition) is 2. The van der Waals surface area contributed by atoms with Crippen LogP contribution in [0.15, 0.2) is 24.5 Å². The number of aromatic nitrogens is 2. The van der Waals surface area contributed by atoms with E-state index in [9.17, 15) is 0 Å². The van der Waals surface area contributed by atoms with Crippen molar-refractivity contribution in [1.29, 1.82) is 0 Å². The average molecular weight is 204 g/mol. The van der Waals surface area contributed by atoms with Crippen molar-refractivity contribution in [2.45, 2.75) is 18.1 Å². The minimum atomic E-state index is 0.347. The third kappa shape index (κ3) is 1.08. The molecule has 3 rings (SSSR count). The molecular weight excluding hydrogens is 192 g/mol. The maximum Gasteiger partial charge on any atom is 0.0931 e. The normalized spacial score (nSPS) is 26.4. The first kappa shape index (κ1) is 8.36. The van der Waals surface area contributed by atoms with Gasteiger partial charge in [-0.2, -0.15) is 11.8 Å². The first-order valence-electron chi connectivity index (χ1n) is 4.85. The van der Waals surface area contributed by atoms with Crippen molar-refractivity contribution in [3.8, 4) is 0 Å². The molecule has 2 nitrogen and oxygen atoms in total. The van der Waals surface area contributed by atoms with Crippen LogP contribution < -0.4 is 0 Å². The molecule has 1 saturated heterocycles. The molecular formula is C11H12N2S. The lowest BCUT2D eigenvalue weighted by Crippen LogP contribution is -2.27. The summed E-state index contributed by atoms with van der Waals surface area (Å²) in [6.45, 7) is 2.32. The number of nitrogens with one attached hydrogen (secondary N) is 1. The zero-order valence-corrected chi connectivity index (χ0v) is 8.90. The maximum absolute atomic E-state index is 4.22. The first-order valence-corrected chi connectivity index (χ1v) is 5.84. The summed E-state index contributed by atoms with van der Waals surface area (Å²) in [6.07, 6.45) is 3.04. The van der Waals surface area contributed by atoms with Crippen LogP contribution in [-0.2, 0) is 4.75 Å². The highest BCUT2D eigenvalue weighted by Gasteiger charge is 2.34. The summed E-state index contributed by atoms with van der Waals surface area (Å²) in [7, 11) is 0. The molecule has 0 saturated carbocycles. The van der Waals surface area contributed by atoms with Crippen LogP contribution in [0.2, 0.25) is 0 Å². The summed E-state index contributed by atoms with van der Waals surface area (Å²) in [5, 5.41) is 0. The van der Waals surface area contributed by atoms with E-state index in [2.05, 4.69) is 35.1 Å². The third-order valence-electron chi connectivity index (χ3n) is 3.03. The lowest BCUT2D eigenvalue weighted by atomic mass is 9.96. The predicted molar refractivity (Wildman–Crippen MR) is 60.5 cm³/mol. The second-order valence-electron chi connectivity index (χ2n) is 3.96. The maximum atomic E-state index is 4.22. The summed E-state index contributed by atoms with van der Waals surface area (Å²) >= 11 is 2.04. The Morgan fingerprint density at radius 1 is 1.50 bits per heavy atom. The van der Waals surface area contributed by atoms with Crippen LogP contribution in [0.25, 0.3) is 11.0 Å². The van der Waals surface area contributed by atoms with Gasteiger partial charge in [0.15, 0.2) is 0 Å². The first-order chi connectivity index (χ1) is 6.78. The number of benzene rings is 1. The molecule has 1 N–H and O–H groups in total. The quantitative estimate of drug-likeness (QED) is 0.773. The zero-order valence-electron chi connectivity index (χ0n) is 8.08. The molecule has 72 valence electrons. The molecule has 0 aliphatic carbocycles. The van der Waals surface area contributed by atoms with E-state index in [-0.39, 0.29) is 0 Å². The van der Waals surface area contributed by atoms with Crippen molar-refractivity contribution < 1.29 is 0 Å². The highest BCUT2D eigenvalue weighted by atomic mass is 32.2. The Hall–Kier alpha value is -0.960. The molecule has 1 aliphatic rings. The van der Waals surface area contributed by atoms with Crippen molar-refractivity contribution >= 4 is 22.8 Å². The Bertz CT molecular complexity index is 471. The van der Waals surface area contributed by atoms with Gasteiger partial charge in [0.2, 0.25) is 0 Å². The number of aromatic amines is 1. The standard InChI is InChI=1S/C11H12N2S/c1-11(4-5-14-11)8-2-3-9-10(6-8)13-7-12-9/h2-3,6-7H,4-5H2,1H3,(H,12,13). The highest BCUT2D eigenvalue weighted by molar-refractivity contribution is 8.01. The van der Waals surface area contributed by atoms with Gasteiger partial charge in [-0.1, -0.05) is 6.07 Å². The molecule has 2 aromatic rings. The van der Waals surface area contributed by atoms with Gasteiger partial charge in [-0.05, 0) is 36.8 Å². The highest BCUT2D eigenvalue weighted by Crippen LogP contribution is 2.48. The van der Waals surface area contributed by atoms with Crippen molar-refractivity contribution in [1.82, 2.24) is 9.97 Å². The molecule has 0 amide bonds. The molecule has 1 aliphatic heterocycles. The van der Waals surface area contributed by atoms with E-state index in [1.165, 1.54) is 17.7 Å². The van der Waals surface area contributed by atoms with Gasteiger partial charge in [-0.3, -0.25) is 0 Å². The fourth-order valence-corrected chi connectivity index (χ4v) is 3.01.